The van der Waals surface area contributed by atoms with Gasteiger partial charge in [0.25, 0.3) is 0 Å². The zero-order valence-corrected chi connectivity index (χ0v) is 27.9. The van der Waals surface area contributed by atoms with Gasteiger partial charge in [-0.05, 0) is 43.4 Å². The molecule has 36 heavy (non-hydrogen) atoms. The predicted molar refractivity (Wildman–Crippen MR) is 147 cm³/mol. The Bertz CT molecular complexity index is 563. The van der Waals surface area contributed by atoms with Crippen LogP contribution in [0.5, 0.6) is 0 Å². The summed E-state index contributed by atoms with van der Waals surface area (Å²) in [6.07, 6.45) is 6.57. The van der Waals surface area contributed by atoms with Gasteiger partial charge in [-0.1, -0.05) is 33.6 Å². The second-order valence-corrected chi connectivity index (χ2v) is 19.1. The van der Waals surface area contributed by atoms with Crippen molar-refractivity contribution in [3.05, 3.63) is 0 Å². The van der Waals surface area contributed by atoms with E-state index in [-0.39, 0.29) is 22.0 Å². The Balaban J connectivity index is 3.90. The molecule has 0 aromatic heterocycles. The lowest BCUT2D eigenvalue weighted by Crippen LogP contribution is -2.62. The van der Waals surface area contributed by atoms with Gasteiger partial charge < -0.3 is 39.8 Å². The van der Waals surface area contributed by atoms with Crippen molar-refractivity contribution < 1.29 is 39.8 Å². The molecule has 0 amide bonds. The minimum absolute atomic E-state index is 0.0197. The molecule has 1 aliphatic carbocycles. The lowest BCUT2D eigenvalue weighted by atomic mass is 9.63. The van der Waals surface area contributed by atoms with Gasteiger partial charge in [0, 0.05) is 80.6 Å². The molecule has 0 aromatic carbocycles. The van der Waals surface area contributed by atoms with Crippen molar-refractivity contribution in [2.45, 2.75) is 82.3 Å². The summed E-state index contributed by atoms with van der Waals surface area (Å²) < 4.78 is 54.9. The van der Waals surface area contributed by atoms with Crippen LogP contribution in [0.2, 0.25) is 16.6 Å². The van der Waals surface area contributed by atoms with E-state index in [0.717, 1.165) is 44.9 Å². The molecule has 0 saturated heterocycles. The van der Waals surface area contributed by atoms with E-state index in [4.69, 9.17) is 39.8 Å². The SMILES string of the molecule is CCC(C1CCCC(C(CC)[Si](OC)(OC)OC)(C(CC)[Si](OC)(OC)OC)C1)[Si](OC)(OC)OC. The number of hydrogen-bond acceptors (Lipinski definition) is 9. The number of hydrogen-bond donors (Lipinski definition) is 0. The molecule has 0 N–H and O–H groups in total. The first-order valence-corrected chi connectivity index (χ1v) is 18.6. The zero-order valence-electron chi connectivity index (χ0n) is 24.9. The van der Waals surface area contributed by atoms with Crippen molar-refractivity contribution in [1.82, 2.24) is 0 Å². The fraction of sp³-hybridized carbons (Fsp3) is 1.00. The van der Waals surface area contributed by atoms with E-state index in [9.17, 15) is 0 Å². The zero-order chi connectivity index (χ0) is 27.6. The molecule has 0 radical (unpaired) electrons. The summed E-state index contributed by atoms with van der Waals surface area (Å²) in [5, 5.41) is 0. The van der Waals surface area contributed by atoms with Crippen molar-refractivity contribution in [3.63, 3.8) is 0 Å². The highest BCUT2D eigenvalue weighted by atomic mass is 28.4. The van der Waals surface area contributed by atoms with Gasteiger partial charge >= 0.3 is 26.4 Å². The topological polar surface area (TPSA) is 83.1 Å². The van der Waals surface area contributed by atoms with Gasteiger partial charge in [0.2, 0.25) is 0 Å². The van der Waals surface area contributed by atoms with Crippen molar-refractivity contribution in [1.29, 1.82) is 0 Å². The van der Waals surface area contributed by atoms with Crippen LogP contribution in [0.1, 0.15) is 65.7 Å². The monoisotopic (exact) mass is 570 g/mol. The molecule has 0 aromatic rings. The fourth-order valence-corrected chi connectivity index (χ4v) is 16.5. The van der Waals surface area contributed by atoms with Gasteiger partial charge in [0.15, 0.2) is 0 Å². The van der Waals surface area contributed by atoms with Gasteiger partial charge in [0.05, 0.1) is 0 Å². The Hall–Kier alpha value is 0.291. The standard InChI is InChI=1S/C24H54O9Si3/c1-13-21(34(25-4,26-5)27-6)20-17-16-18-24(19-20,22(14-2)35(28-7,29-8)30-9)23(15-3)36(31-10,32-11)33-12/h20-23H,13-19H2,1-12H3. The van der Waals surface area contributed by atoms with Crippen LogP contribution < -0.4 is 0 Å². The summed E-state index contributed by atoms with van der Waals surface area (Å²) in [5.41, 5.74) is -0.0744. The third kappa shape index (κ3) is 6.04. The first-order valence-electron chi connectivity index (χ1n) is 13.2. The van der Waals surface area contributed by atoms with Crippen LogP contribution in [0, 0.1) is 11.3 Å². The first kappa shape index (κ1) is 34.3. The summed E-state index contributed by atoms with van der Waals surface area (Å²) in [6.45, 7) is 6.60. The van der Waals surface area contributed by atoms with Crippen LogP contribution in [0.25, 0.3) is 0 Å². The molecule has 1 rings (SSSR count). The Labute approximate surface area is 223 Å². The largest absolute Gasteiger partial charge is 0.503 e. The van der Waals surface area contributed by atoms with Gasteiger partial charge in [-0.25, -0.2) is 0 Å². The van der Waals surface area contributed by atoms with E-state index < -0.39 is 26.4 Å². The highest BCUT2D eigenvalue weighted by Crippen LogP contribution is 2.65. The lowest BCUT2D eigenvalue weighted by Gasteiger charge is -2.56. The molecule has 12 heteroatoms. The molecular weight excluding hydrogens is 517 g/mol. The molecule has 0 aliphatic heterocycles. The van der Waals surface area contributed by atoms with Crippen LogP contribution in [0.3, 0.4) is 0 Å². The maximum absolute atomic E-state index is 6.15. The van der Waals surface area contributed by atoms with Crippen molar-refractivity contribution in [3.8, 4) is 0 Å². The third-order valence-corrected chi connectivity index (χ3v) is 19.5. The Morgan fingerprint density at radius 3 is 1.22 bits per heavy atom. The minimum Gasteiger partial charge on any atom is -0.377 e. The van der Waals surface area contributed by atoms with Crippen LogP contribution >= 0.6 is 0 Å². The summed E-state index contributed by atoms with van der Waals surface area (Å²) in [7, 11) is 6.32. The van der Waals surface area contributed by atoms with Crippen LogP contribution in [-0.4, -0.2) is 90.4 Å². The molecule has 4 unspecified atom stereocenters. The third-order valence-electron chi connectivity index (χ3n) is 8.94. The molecule has 4 atom stereocenters. The van der Waals surface area contributed by atoms with Crippen LogP contribution in [-0.2, 0) is 39.8 Å². The van der Waals surface area contributed by atoms with Gasteiger partial charge in [-0.3, -0.25) is 0 Å². The van der Waals surface area contributed by atoms with E-state index in [0.29, 0.717) is 5.92 Å². The van der Waals surface area contributed by atoms with E-state index >= 15 is 0 Å². The average Bonchev–Trinajstić information content (AvgIpc) is 2.93. The lowest BCUT2D eigenvalue weighted by molar-refractivity contribution is 0.00497. The van der Waals surface area contributed by atoms with Crippen molar-refractivity contribution >= 4 is 26.4 Å². The maximum Gasteiger partial charge on any atom is 0.503 e. The van der Waals surface area contributed by atoms with Crippen LogP contribution in [0.4, 0.5) is 0 Å². The Morgan fingerprint density at radius 1 is 0.583 bits per heavy atom. The van der Waals surface area contributed by atoms with Gasteiger partial charge in [-0.15, -0.1) is 0 Å². The molecule has 9 nitrogen and oxygen atoms in total. The van der Waals surface area contributed by atoms with E-state index in [1.807, 2.05) is 0 Å². The highest BCUT2D eigenvalue weighted by Gasteiger charge is 2.67. The molecule has 0 bridgehead atoms. The molecule has 1 saturated carbocycles. The Morgan fingerprint density at radius 2 is 0.944 bits per heavy atom. The van der Waals surface area contributed by atoms with Gasteiger partial charge in [0.1, 0.15) is 0 Å². The Kier molecular flexibility index (Phi) is 14.5. The quantitative estimate of drug-likeness (QED) is 0.208. The van der Waals surface area contributed by atoms with E-state index in [1.54, 1.807) is 64.0 Å². The molecular formula is C24H54O9Si3. The van der Waals surface area contributed by atoms with E-state index in [2.05, 4.69) is 20.8 Å². The minimum atomic E-state index is -3.07. The number of rotatable bonds is 18. The maximum atomic E-state index is 6.15. The van der Waals surface area contributed by atoms with E-state index in [1.165, 1.54) is 0 Å². The summed E-state index contributed by atoms with van der Waals surface area (Å²) >= 11 is 0. The molecule has 0 heterocycles. The van der Waals surface area contributed by atoms with Gasteiger partial charge in [-0.2, -0.15) is 0 Å². The summed E-state index contributed by atoms with van der Waals surface area (Å²) in [4.78, 5) is 0. The second-order valence-electron chi connectivity index (χ2n) is 9.67. The molecule has 1 fully saturated rings. The van der Waals surface area contributed by atoms with Crippen molar-refractivity contribution in [2.24, 2.45) is 11.3 Å². The highest BCUT2D eigenvalue weighted by molar-refractivity contribution is 6.65. The van der Waals surface area contributed by atoms with Crippen LogP contribution in [0.15, 0.2) is 0 Å². The predicted octanol–water partition coefficient (Wildman–Crippen LogP) is 5.14. The normalized spacial score (nSPS) is 24.5. The fourth-order valence-electron chi connectivity index (χ4n) is 7.55. The second kappa shape index (κ2) is 15.2. The first-order chi connectivity index (χ1) is 17.2. The smallest absolute Gasteiger partial charge is 0.377 e. The average molecular weight is 571 g/mol. The molecule has 216 valence electrons. The summed E-state index contributed by atoms with van der Waals surface area (Å²) in [5.74, 6) is 0.313. The molecule has 0 spiro atoms. The molecule has 1 aliphatic rings. The summed E-state index contributed by atoms with van der Waals surface area (Å²) in [6, 6.07) is 0. The van der Waals surface area contributed by atoms with Crippen molar-refractivity contribution in [2.75, 3.05) is 64.0 Å².